The van der Waals surface area contributed by atoms with Crippen LogP contribution in [-0.4, -0.2) is 24.4 Å². The Morgan fingerprint density at radius 3 is 2.35 bits per heavy atom. The van der Waals surface area contributed by atoms with Gasteiger partial charge in [-0.1, -0.05) is 0 Å². The second-order valence-corrected chi connectivity index (χ2v) is 7.51. The Hall–Kier alpha value is -3.07. The average molecular weight is 377 g/mol. The van der Waals surface area contributed by atoms with Crippen molar-refractivity contribution in [1.82, 2.24) is 4.98 Å². The van der Waals surface area contributed by atoms with Gasteiger partial charge in [0, 0.05) is 25.4 Å². The lowest BCUT2D eigenvalue weighted by Gasteiger charge is -2.13. The maximum Gasteiger partial charge on any atom is 0.221 e. The molecule has 1 aromatic carbocycles. The van der Waals surface area contributed by atoms with E-state index in [9.17, 15) is 18.3 Å². The van der Waals surface area contributed by atoms with E-state index in [2.05, 4.69) is 15.8 Å². The monoisotopic (exact) mass is 377 g/mol. The third-order valence-corrected chi connectivity index (χ3v) is 5.48. The fourth-order valence-electron chi connectivity index (χ4n) is 1.98. The maximum absolute atomic E-state index is 12.5. The van der Waals surface area contributed by atoms with Crippen molar-refractivity contribution in [3.63, 3.8) is 0 Å². The molecule has 0 atom stereocenters. The summed E-state index contributed by atoms with van der Waals surface area (Å²) in [7, 11) is -3.69. The second-order valence-electron chi connectivity index (χ2n) is 5.42. The van der Waals surface area contributed by atoms with E-state index in [0.717, 1.165) is 0 Å². The number of pyridine rings is 1. The van der Waals surface area contributed by atoms with Crippen molar-refractivity contribution in [3.8, 4) is 5.75 Å². The van der Waals surface area contributed by atoms with Crippen molar-refractivity contribution in [2.75, 3.05) is 10.8 Å². The van der Waals surface area contributed by atoms with Crippen LogP contribution in [-0.2, 0) is 19.5 Å². The Kier molecular flexibility index (Phi) is 5.83. The van der Waals surface area contributed by atoms with E-state index >= 15 is 0 Å². The lowest BCUT2D eigenvalue weighted by atomic mass is 10.2. The minimum atomic E-state index is -3.69. The molecule has 0 fully saturated rings. The molecule has 9 heteroatoms. The first-order valence-electron chi connectivity index (χ1n) is 7.58. The predicted octanol–water partition coefficient (Wildman–Crippen LogP) is 2.81. The van der Waals surface area contributed by atoms with E-state index in [-0.39, 0.29) is 32.9 Å². The van der Waals surface area contributed by atoms with Crippen LogP contribution >= 0.6 is 0 Å². The first-order valence-corrected chi connectivity index (χ1v) is 9.06. The largest absolute Gasteiger partial charge is 0.506 e. The molecule has 1 amide bonds. The number of aromatic nitrogens is 1. The highest BCUT2D eigenvalue weighted by Crippen LogP contribution is 2.27. The van der Waals surface area contributed by atoms with Gasteiger partial charge in [0.15, 0.2) is 0 Å². The van der Waals surface area contributed by atoms with E-state index in [1.165, 1.54) is 57.4 Å². The van der Waals surface area contributed by atoms with Crippen LogP contribution in [0.5, 0.6) is 5.75 Å². The minimum Gasteiger partial charge on any atom is -0.506 e. The zero-order chi connectivity index (χ0) is 19.3. The molecule has 0 radical (unpaired) electrons. The number of carbonyl (C=O) groups is 1. The number of allylic oxidation sites excluding steroid dienone is 2. The van der Waals surface area contributed by atoms with Gasteiger partial charge in [0.25, 0.3) is 0 Å². The van der Waals surface area contributed by atoms with Gasteiger partial charge in [-0.05, 0) is 38.1 Å². The molecule has 0 aliphatic carbocycles. The van der Waals surface area contributed by atoms with Crippen molar-refractivity contribution < 1.29 is 23.2 Å². The molecule has 0 aliphatic heterocycles. The molecule has 8 nitrogen and oxygen atoms in total. The van der Waals surface area contributed by atoms with Crippen molar-refractivity contribution in [3.05, 3.63) is 53.4 Å². The third-order valence-electron chi connectivity index (χ3n) is 3.49. The minimum absolute atomic E-state index is 0.0373. The number of carbonyl (C=O) groups excluding carboxylic acids is 1. The van der Waals surface area contributed by atoms with Crippen LogP contribution in [0.25, 0.3) is 0 Å². The number of nitrogens with zero attached hydrogens (tertiary/aromatic N) is 1. The molecule has 0 saturated carbocycles. The number of hydrogen-bond acceptors (Lipinski definition) is 7. The molecule has 0 bridgehead atoms. The van der Waals surface area contributed by atoms with Crippen molar-refractivity contribution in [1.29, 1.82) is 0 Å². The molecule has 0 saturated heterocycles. The highest BCUT2D eigenvalue weighted by atomic mass is 32.2. The Balaban J connectivity index is 2.14. The SMILES string of the molecule is CC(=O)Nc1ccc(NO/C(C)=C(/C)S(=O)(=O)c2ccncc2)cc1O. The number of hydrogen-bond donors (Lipinski definition) is 3. The van der Waals surface area contributed by atoms with Crippen LogP contribution in [0, 0.1) is 0 Å². The van der Waals surface area contributed by atoms with Crippen LogP contribution in [0.15, 0.2) is 58.3 Å². The molecule has 1 aromatic heterocycles. The number of phenols is 1. The Morgan fingerprint density at radius 1 is 1.12 bits per heavy atom. The summed E-state index contributed by atoms with van der Waals surface area (Å²) in [5.74, 6) is -0.322. The highest BCUT2D eigenvalue weighted by Gasteiger charge is 2.20. The van der Waals surface area contributed by atoms with E-state index in [0.29, 0.717) is 5.69 Å². The topological polar surface area (TPSA) is 118 Å². The van der Waals surface area contributed by atoms with Crippen molar-refractivity contribution >= 4 is 27.1 Å². The number of sulfone groups is 1. The lowest BCUT2D eigenvalue weighted by molar-refractivity contribution is -0.114. The highest BCUT2D eigenvalue weighted by molar-refractivity contribution is 7.95. The summed E-state index contributed by atoms with van der Waals surface area (Å²) < 4.78 is 25.0. The molecule has 2 rings (SSSR count). The first kappa shape index (κ1) is 19.3. The smallest absolute Gasteiger partial charge is 0.221 e. The summed E-state index contributed by atoms with van der Waals surface area (Å²) in [4.78, 5) is 20.3. The average Bonchev–Trinajstić information content (AvgIpc) is 2.61. The lowest BCUT2D eigenvalue weighted by Crippen LogP contribution is -2.09. The molecule has 0 spiro atoms. The van der Waals surface area contributed by atoms with Crippen LogP contribution in [0.1, 0.15) is 20.8 Å². The number of benzene rings is 1. The summed E-state index contributed by atoms with van der Waals surface area (Å²) in [5, 5.41) is 12.3. The summed E-state index contributed by atoms with van der Waals surface area (Å²) in [6, 6.07) is 7.19. The Morgan fingerprint density at radius 2 is 1.77 bits per heavy atom. The molecule has 0 aliphatic rings. The van der Waals surface area contributed by atoms with Gasteiger partial charge in [-0.15, -0.1) is 0 Å². The van der Waals surface area contributed by atoms with Gasteiger partial charge in [0.05, 0.1) is 21.2 Å². The van der Waals surface area contributed by atoms with E-state index < -0.39 is 9.84 Å². The number of rotatable bonds is 6. The summed E-state index contributed by atoms with van der Waals surface area (Å²) in [6.45, 7) is 4.27. The number of aromatic hydroxyl groups is 1. The summed E-state index contributed by atoms with van der Waals surface area (Å²) in [6.07, 6.45) is 2.79. The fraction of sp³-hybridized carbons (Fsp3) is 0.176. The Labute approximate surface area is 151 Å². The van der Waals surface area contributed by atoms with Crippen LogP contribution in [0.4, 0.5) is 11.4 Å². The maximum atomic E-state index is 12.5. The van der Waals surface area contributed by atoms with Crippen molar-refractivity contribution in [2.45, 2.75) is 25.7 Å². The molecule has 0 unspecified atom stereocenters. The molecule has 2 aromatic rings. The van der Waals surface area contributed by atoms with Gasteiger partial charge in [0.1, 0.15) is 11.5 Å². The van der Waals surface area contributed by atoms with E-state index in [4.69, 9.17) is 4.84 Å². The number of phenolic OH excluding ortho intramolecular Hbond substituents is 1. The third kappa shape index (κ3) is 4.51. The summed E-state index contributed by atoms with van der Waals surface area (Å²) >= 11 is 0. The number of amides is 1. The quantitative estimate of drug-likeness (QED) is 0.402. The number of anilines is 2. The summed E-state index contributed by atoms with van der Waals surface area (Å²) in [5.41, 5.74) is 3.20. The molecule has 3 N–H and O–H groups in total. The van der Waals surface area contributed by atoms with Gasteiger partial charge < -0.3 is 15.3 Å². The Bertz CT molecular complexity index is 940. The normalized spacial score (nSPS) is 12.1. The first-order chi connectivity index (χ1) is 12.2. The molecule has 1 heterocycles. The van der Waals surface area contributed by atoms with Crippen LogP contribution in [0.2, 0.25) is 0 Å². The fourth-order valence-corrected chi connectivity index (χ4v) is 3.23. The van der Waals surface area contributed by atoms with E-state index in [1.54, 1.807) is 6.07 Å². The zero-order valence-electron chi connectivity index (χ0n) is 14.5. The van der Waals surface area contributed by atoms with Crippen molar-refractivity contribution in [2.24, 2.45) is 0 Å². The standard InChI is InChI=1S/C17H19N3O5S/c1-11(12(2)26(23,24)15-6-8-18-9-7-15)25-20-14-4-5-16(17(22)10-14)19-13(3)21/h4-10,20,22H,1-3H3,(H,19,21)/b12-11-. The van der Waals surface area contributed by atoms with Gasteiger partial charge in [0.2, 0.25) is 15.7 Å². The second kappa shape index (κ2) is 7.87. The van der Waals surface area contributed by atoms with E-state index in [1.807, 2.05) is 0 Å². The van der Waals surface area contributed by atoms with Crippen LogP contribution < -0.4 is 10.8 Å². The molecule has 138 valence electrons. The van der Waals surface area contributed by atoms with Gasteiger partial charge >= 0.3 is 0 Å². The predicted molar refractivity (Wildman–Crippen MR) is 96.9 cm³/mol. The van der Waals surface area contributed by atoms with Gasteiger partial charge in [-0.2, -0.15) is 0 Å². The number of nitrogens with one attached hydrogen (secondary N) is 2. The molecular weight excluding hydrogens is 358 g/mol. The van der Waals surface area contributed by atoms with Crippen LogP contribution in [0.3, 0.4) is 0 Å². The van der Waals surface area contributed by atoms with Gasteiger partial charge in [-0.3, -0.25) is 9.78 Å². The molecular formula is C17H19N3O5S. The zero-order valence-corrected chi connectivity index (χ0v) is 15.3. The molecule has 26 heavy (non-hydrogen) atoms. The van der Waals surface area contributed by atoms with Gasteiger partial charge in [-0.25, -0.2) is 13.9 Å².